The van der Waals surface area contributed by atoms with E-state index < -0.39 is 12.2 Å². The highest BCUT2D eigenvalue weighted by Gasteiger charge is 2.37. The fraction of sp³-hybridized carbons (Fsp3) is 0.250. The molecule has 0 aromatic heterocycles. The zero-order valence-corrected chi connectivity index (χ0v) is 9.12. The van der Waals surface area contributed by atoms with Crippen LogP contribution in [0.2, 0.25) is 5.02 Å². The first kappa shape index (κ1) is 11.8. The Labute approximate surface area is 92.2 Å². The van der Waals surface area contributed by atoms with Crippen LogP contribution < -0.4 is 5.73 Å². The molecule has 2 N–H and O–H groups in total. The predicted octanol–water partition coefficient (Wildman–Crippen LogP) is 3.66. The van der Waals surface area contributed by atoms with Crippen molar-refractivity contribution in [3.8, 4) is 0 Å². The summed E-state index contributed by atoms with van der Waals surface area (Å²) in [6, 6.07) is 1.99. The van der Waals surface area contributed by atoms with Crippen LogP contribution in [-0.2, 0) is 0 Å². The minimum atomic E-state index is -4.45. The second-order valence-electron chi connectivity index (χ2n) is 2.72. The van der Waals surface area contributed by atoms with Gasteiger partial charge < -0.3 is 5.73 Å². The van der Waals surface area contributed by atoms with E-state index in [1.54, 1.807) is 0 Å². The smallest absolute Gasteiger partial charge is 0.316 e. The van der Waals surface area contributed by atoms with Gasteiger partial charge in [-0.2, -0.15) is 13.2 Å². The summed E-state index contributed by atoms with van der Waals surface area (Å²) in [6.07, 6.45) is -4.45. The monoisotopic (exact) mass is 287 g/mol. The Morgan fingerprint density at radius 3 is 2.29 bits per heavy atom. The Kier molecular flexibility index (Phi) is 3.44. The summed E-state index contributed by atoms with van der Waals surface area (Å²) < 4.78 is 37.1. The molecule has 0 amide bonds. The molecule has 0 spiro atoms. The van der Waals surface area contributed by atoms with Crippen molar-refractivity contribution in [2.24, 2.45) is 5.73 Å². The van der Waals surface area contributed by atoms with E-state index in [9.17, 15) is 13.2 Å². The highest BCUT2D eigenvalue weighted by atomic mass is 79.9. The maximum absolute atomic E-state index is 12.2. The number of alkyl halides is 3. The molecule has 0 saturated carbocycles. The number of hydrogen-bond donors (Lipinski definition) is 1. The molecule has 0 aliphatic carbocycles. The van der Waals surface area contributed by atoms with Crippen molar-refractivity contribution in [2.75, 3.05) is 0 Å². The van der Waals surface area contributed by atoms with Crippen LogP contribution in [0, 0.1) is 0 Å². The van der Waals surface area contributed by atoms with Crippen molar-refractivity contribution in [3.63, 3.8) is 0 Å². The van der Waals surface area contributed by atoms with E-state index in [0.717, 1.165) is 0 Å². The van der Waals surface area contributed by atoms with Gasteiger partial charge in [0.25, 0.3) is 0 Å². The van der Waals surface area contributed by atoms with Gasteiger partial charge in [-0.15, -0.1) is 0 Å². The lowest BCUT2D eigenvalue weighted by molar-refractivity contribution is -0.149. The van der Waals surface area contributed by atoms with Gasteiger partial charge in [-0.05, 0) is 23.8 Å². The molecule has 1 atom stereocenters. The van der Waals surface area contributed by atoms with Crippen molar-refractivity contribution in [3.05, 3.63) is 33.3 Å². The standard InChI is InChI=1S/C8H6BrClF3N/c9-5-1-4(2-6(10)3-5)7(14)8(11,12)13/h1-3,7H,14H2/t7-/m0/s1. The molecule has 1 rings (SSSR count). The lowest BCUT2D eigenvalue weighted by Crippen LogP contribution is -2.28. The fourth-order valence-electron chi connectivity index (χ4n) is 0.944. The minimum Gasteiger partial charge on any atom is -0.316 e. The van der Waals surface area contributed by atoms with Crippen LogP contribution in [0.4, 0.5) is 13.2 Å². The van der Waals surface area contributed by atoms with Crippen LogP contribution in [0.25, 0.3) is 0 Å². The maximum atomic E-state index is 12.2. The SMILES string of the molecule is N[C@@H](c1cc(Cl)cc(Br)c1)C(F)(F)F. The van der Waals surface area contributed by atoms with Crippen LogP contribution in [-0.4, -0.2) is 6.18 Å². The largest absolute Gasteiger partial charge is 0.407 e. The van der Waals surface area contributed by atoms with Gasteiger partial charge in [0.05, 0.1) is 0 Å². The molecule has 14 heavy (non-hydrogen) atoms. The summed E-state index contributed by atoms with van der Waals surface area (Å²) in [5, 5.41) is 0.217. The first-order chi connectivity index (χ1) is 6.30. The number of benzene rings is 1. The summed E-state index contributed by atoms with van der Waals surface area (Å²) in [5.74, 6) is 0. The van der Waals surface area contributed by atoms with Crippen LogP contribution in [0.5, 0.6) is 0 Å². The van der Waals surface area contributed by atoms with E-state index in [-0.39, 0.29) is 10.6 Å². The quantitative estimate of drug-likeness (QED) is 0.838. The maximum Gasteiger partial charge on any atom is 0.407 e. The number of nitrogens with two attached hydrogens (primary N) is 1. The molecule has 0 saturated heterocycles. The summed E-state index contributed by atoms with van der Waals surface area (Å²) >= 11 is 8.63. The number of rotatable bonds is 1. The Bertz CT molecular complexity index is 320. The van der Waals surface area contributed by atoms with Crippen LogP contribution in [0.3, 0.4) is 0 Å². The molecule has 0 aliphatic rings. The van der Waals surface area contributed by atoms with Crippen LogP contribution in [0.1, 0.15) is 11.6 Å². The van der Waals surface area contributed by atoms with Crippen LogP contribution >= 0.6 is 27.5 Å². The van der Waals surface area contributed by atoms with Crippen molar-refractivity contribution < 1.29 is 13.2 Å². The van der Waals surface area contributed by atoms with Crippen molar-refractivity contribution in [1.82, 2.24) is 0 Å². The van der Waals surface area contributed by atoms with Gasteiger partial charge in [-0.3, -0.25) is 0 Å². The third-order valence-electron chi connectivity index (χ3n) is 1.60. The zero-order valence-electron chi connectivity index (χ0n) is 6.78. The van der Waals surface area contributed by atoms with Crippen molar-refractivity contribution in [2.45, 2.75) is 12.2 Å². The average Bonchev–Trinajstić information content (AvgIpc) is 1.99. The summed E-state index contributed by atoms with van der Waals surface area (Å²) in [7, 11) is 0. The van der Waals surface area contributed by atoms with E-state index in [4.69, 9.17) is 17.3 Å². The Morgan fingerprint density at radius 1 is 1.29 bits per heavy atom. The summed E-state index contributed by atoms with van der Waals surface area (Å²) in [4.78, 5) is 0. The highest BCUT2D eigenvalue weighted by Crippen LogP contribution is 2.33. The Morgan fingerprint density at radius 2 is 1.86 bits per heavy atom. The molecule has 1 nitrogen and oxygen atoms in total. The molecule has 1 aromatic carbocycles. The van der Waals surface area contributed by atoms with Gasteiger partial charge in [0.15, 0.2) is 0 Å². The zero-order chi connectivity index (χ0) is 10.9. The first-order valence-corrected chi connectivity index (χ1v) is 4.76. The van der Waals surface area contributed by atoms with Crippen molar-refractivity contribution >= 4 is 27.5 Å². The van der Waals surface area contributed by atoms with Crippen LogP contribution in [0.15, 0.2) is 22.7 Å². The number of halogens is 5. The third-order valence-corrected chi connectivity index (χ3v) is 2.27. The minimum absolute atomic E-state index is 0.0584. The van der Waals surface area contributed by atoms with Gasteiger partial charge in [-0.25, -0.2) is 0 Å². The molecule has 0 fully saturated rings. The number of hydrogen-bond acceptors (Lipinski definition) is 1. The molecule has 78 valence electrons. The average molecular weight is 288 g/mol. The van der Waals surface area contributed by atoms with E-state index in [2.05, 4.69) is 15.9 Å². The fourth-order valence-corrected chi connectivity index (χ4v) is 1.83. The summed E-state index contributed by atoms with van der Waals surface area (Å²) in [5.41, 5.74) is 4.95. The topological polar surface area (TPSA) is 26.0 Å². The molecular weight excluding hydrogens is 282 g/mol. The van der Waals surface area contributed by atoms with Gasteiger partial charge in [0.1, 0.15) is 6.04 Å². The lowest BCUT2D eigenvalue weighted by atomic mass is 10.1. The normalized spacial score (nSPS) is 14.1. The second kappa shape index (κ2) is 4.08. The van der Waals surface area contributed by atoms with E-state index in [0.29, 0.717) is 4.47 Å². The molecule has 0 radical (unpaired) electrons. The van der Waals surface area contributed by atoms with Crippen molar-refractivity contribution in [1.29, 1.82) is 0 Å². The van der Waals surface area contributed by atoms with Gasteiger partial charge in [0, 0.05) is 9.50 Å². The molecule has 0 aliphatic heterocycles. The molecule has 0 heterocycles. The Hall–Kier alpha value is -0.260. The lowest BCUT2D eigenvalue weighted by Gasteiger charge is -2.16. The third kappa shape index (κ3) is 2.87. The molecule has 0 bridgehead atoms. The van der Waals surface area contributed by atoms with Gasteiger partial charge >= 0.3 is 6.18 Å². The predicted molar refractivity (Wildman–Crippen MR) is 52.1 cm³/mol. The van der Waals surface area contributed by atoms with Gasteiger partial charge in [0.2, 0.25) is 0 Å². The molecule has 6 heteroatoms. The molecule has 1 aromatic rings. The highest BCUT2D eigenvalue weighted by molar-refractivity contribution is 9.10. The van der Waals surface area contributed by atoms with E-state index in [1.165, 1.54) is 18.2 Å². The molecule has 0 unspecified atom stereocenters. The summed E-state index contributed by atoms with van der Waals surface area (Å²) in [6.45, 7) is 0. The second-order valence-corrected chi connectivity index (χ2v) is 4.07. The van der Waals surface area contributed by atoms with Gasteiger partial charge in [-0.1, -0.05) is 27.5 Å². The van der Waals surface area contributed by atoms with E-state index in [1.807, 2.05) is 0 Å². The Balaban J connectivity index is 3.07. The van der Waals surface area contributed by atoms with E-state index >= 15 is 0 Å². The molecular formula is C8H6BrClF3N. The first-order valence-electron chi connectivity index (χ1n) is 3.59.